The quantitative estimate of drug-likeness (QED) is 0.665. The molecule has 12 heavy (non-hydrogen) atoms. The Hall–Kier alpha value is -0.450. The Morgan fingerprint density at radius 2 is 2.50 bits per heavy atom. The summed E-state index contributed by atoms with van der Waals surface area (Å²) in [5.74, 6) is 0.484. The highest BCUT2D eigenvalue weighted by molar-refractivity contribution is 7.09. The first-order valence-corrected chi connectivity index (χ1v) is 5.03. The fourth-order valence-electron chi connectivity index (χ4n) is 1.65. The highest BCUT2D eigenvalue weighted by Gasteiger charge is 2.27. The molecule has 4 heteroatoms. The Morgan fingerprint density at radius 1 is 1.67 bits per heavy atom. The average Bonchev–Trinajstić information content (AvgIpc) is 2.59. The minimum absolute atomic E-state index is 0.268. The first kappa shape index (κ1) is 8.16. The van der Waals surface area contributed by atoms with Gasteiger partial charge < -0.3 is 11.1 Å². The molecular formula is C8H13N3S. The van der Waals surface area contributed by atoms with Gasteiger partial charge in [-0.15, -0.1) is 11.3 Å². The molecule has 1 aromatic rings. The summed E-state index contributed by atoms with van der Waals surface area (Å²) in [6, 6.07) is 0.268. The molecule has 66 valence electrons. The first-order chi connectivity index (χ1) is 5.79. The summed E-state index contributed by atoms with van der Waals surface area (Å²) in [6.07, 6.45) is 0. The molecule has 1 aromatic heterocycles. The Kier molecular flexibility index (Phi) is 2.12. The number of thiazole rings is 1. The fraction of sp³-hybridized carbons (Fsp3) is 0.625. The summed E-state index contributed by atoms with van der Waals surface area (Å²) < 4.78 is 0. The van der Waals surface area contributed by atoms with E-state index in [2.05, 4.69) is 17.2 Å². The molecule has 1 aliphatic rings. The molecular weight excluding hydrogens is 170 g/mol. The van der Waals surface area contributed by atoms with Crippen LogP contribution in [0.2, 0.25) is 0 Å². The number of nitrogens with zero attached hydrogens (tertiary/aromatic N) is 1. The van der Waals surface area contributed by atoms with E-state index in [0.717, 1.165) is 18.8 Å². The molecule has 0 spiro atoms. The summed E-state index contributed by atoms with van der Waals surface area (Å²) in [4.78, 5) is 5.58. The lowest BCUT2D eigenvalue weighted by Crippen LogP contribution is -2.27. The fourth-order valence-corrected chi connectivity index (χ4v) is 2.63. The van der Waals surface area contributed by atoms with Gasteiger partial charge in [0.05, 0.1) is 11.2 Å². The summed E-state index contributed by atoms with van der Waals surface area (Å²) in [7, 11) is 0. The highest BCUT2D eigenvalue weighted by atomic mass is 32.1. The van der Waals surface area contributed by atoms with Gasteiger partial charge in [0.15, 0.2) is 0 Å². The van der Waals surface area contributed by atoms with Crippen molar-refractivity contribution in [2.45, 2.75) is 18.9 Å². The Labute approximate surface area is 76.0 Å². The van der Waals surface area contributed by atoms with Crippen LogP contribution in [0.5, 0.6) is 0 Å². The van der Waals surface area contributed by atoms with Gasteiger partial charge in [0, 0.05) is 29.9 Å². The molecule has 1 aliphatic heterocycles. The second kappa shape index (κ2) is 3.12. The summed E-state index contributed by atoms with van der Waals surface area (Å²) in [5, 5.41) is 3.29. The summed E-state index contributed by atoms with van der Waals surface area (Å²) in [6.45, 7) is 3.99. The molecule has 1 saturated heterocycles. The van der Waals surface area contributed by atoms with E-state index in [1.807, 2.05) is 5.51 Å². The summed E-state index contributed by atoms with van der Waals surface area (Å²) in [5.41, 5.74) is 9.00. The van der Waals surface area contributed by atoms with E-state index in [1.54, 1.807) is 11.3 Å². The lowest BCUT2D eigenvalue weighted by molar-refractivity contribution is 0.658. The molecule has 0 radical (unpaired) electrons. The monoisotopic (exact) mass is 183 g/mol. The van der Waals surface area contributed by atoms with Crippen molar-refractivity contribution in [1.29, 1.82) is 0 Å². The van der Waals surface area contributed by atoms with Crippen LogP contribution in [0, 0.1) is 6.92 Å². The van der Waals surface area contributed by atoms with Crippen molar-refractivity contribution in [3.63, 3.8) is 0 Å². The van der Waals surface area contributed by atoms with Crippen LogP contribution in [0.1, 0.15) is 16.5 Å². The highest BCUT2D eigenvalue weighted by Crippen LogP contribution is 2.27. The van der Waals surface area contributed by atoms with Gasteiger partial charge in [-0.3, -0.25) is 0 Å². The van der Waals surface area contributed by atoms with Crippen LogP contribution in [0.4, 0.5) is 0 Å². The van der Waals surface area contributed by atoms with Crippen molar-refractivity contribution in [3.05, 3.63) is 16.1 Å². The van der Waals surface area contributed by atoms with Crippen LogP contribution in [0.25, 0.3) is 0 Å². The number of nitrogens with two attached hydrogens (primary N) is 1. The molecule has 2 unspecified atom stereocenters. The lowest BCUT2D eigenvalue weighted by atomic mass is 10.0. The number of rotatable bonds is 1. The molecule has 3 N–H and O–H groups in total. The van der Waals surface area contributed by atoms with Crippen molar-refractivity contribution in [1.82, 2.24) is 10.3 Å². The smallest absolute Gasteiger partial charge is 0.0797 e. The first-order valence-electron chi connectivity index (χ1n) is 4.15. The van der Waals surface area contributed by atoms with Crippen LogP contribution in [0.15, 0.2) is 5.51 Å². The van der Waals surface area contributed by atoms with E-state index in [1.165, 1.54) is 4.88 Å². The van der Waals surface area contributed by atoms with Gasteiger partial charge in [-0.2, -0.15) is 0 Å². The number of hydrogen-bond donors (Lipinski definition) is 2. The van der Waals surface area contributed by atoms with Crippen LogP contribution >= 0.6 is 11.3 Å². The van der Waals surface area contributed by atoms with Gasteiger partial charge in [0.2, 0.25) is 0 Å². The second-order valence-corrected chi connectivity index (χ2v) is 4.12. The number of aromatic nitrogens is 1. The third-order valence-corrected chi connectivity index (χ3v) is 3.44. The van der Waals surface area contributed by atoms with Gasteiger partial charge in [0.25, 0.3) is 0 Å². The maximum Gasteiger partial charge on any atom is 0.0797 e. The average molecular weight is 183 g/mol. The molecule has 3 nitrogen and oxygen atoms in total. The molecule has 0 amide bonds. The van der Waals surface area contributed by atoms with Crippen LogP contribution in [-0.4, -0.2) is 24.1 Å². The Balaban J connectivity index is 2.24. The largest absolute Gasteiger partial charge is 0.326 e. The third-order valence-electron chi connectivity index (χ3n) is 2.38. The third kappa shape index (κ3) is 1.26. The maximum absolute atomic E-state index is 5.96. The Morgan fingerprint density at radius 3 is 3.00 bits per heavy atom. The van der Waals surface area contributed by atoms with E-state index >= 15 is 0 Å². The van der Waals surface area contributed by atoms with E-state index in [9.17, 15) is 0 Å². The van der Waals surface area contributed by atoms with Gasteiger partial charge in [-0.1, -0.05) is 0 Å². The predicted octanol–water partition coefficient (Wildman–Crippen LogP) is 0.466. The van der Waals surface area contributed by atoms with Gasteiger partial charge in [-0.25, -0.2) is 4.98 Å². The van der Waals surface area contributed by atoms with Crippen molar-refractivity contribution in [2.75, 3.05) is 13.1 Å². The SMILES string of the molecule is Cc1ncsc1C1CNCC1N. The van der Waals surface area contributed by atoms with Crippen molar-refractivity contribution < 1.29 is 0 Å². The summed E-state index contributed by atoms with van der Waals surface area (Å²) >= 11 is 1.72. The van der Waals surface area contributed by atoms with Gasteiger partial charge >= 0.3 is 0 Å². The van der Waals surface area contributed by atoms with Crippen molar-refractivity contribution >= 4 is 11.3 Å². The van der Waals surface area contributed by atoms with E-state index in [-0.39, 0.29) is 6.04 Å². The second-order valence-electron chi connectivity index (χ2n) is 3.23. The number of nitrogens with one attached hydrogen (secondary N) is 1. The normalized spacial score (nSPS) is 29.5. The zero-order valence-electron chi connectivity index (χ0n) is 7.08. The minimum atomic E-state index is 0.268. The zero-order valence-corrected chi connectivity index (χ0v) is 7.90. The molecule has 2 heterocycles. The van der Waals surface area contributed by atoms with Crippen LogP contribution < -0.4 is 11.1 Å². The van der Waals surface area contributed by atoms with Crippen LogP contribution in [-0.2, 0) is 0 Å². The van der Waals surface area contributed by atoms with E-state index in [0.29, 0.717) is 5.92 Å². The Bertz CT molecular complexity index is 271. The predicted molar refractivity (Wildman–Crippen MR) is 50.4 cm³/mol. The van der Waals surface area contributed by atoms with E-state index < -0.39 is 0 Å². The molecule has 0 saturated carbocycles. The lowest BCUT2D eigenvalue weighted by Gasteiger charge is -2.11. The van der Waals surface area contributed by atoms with Crippen LogP contribution in [0.3, 0.4) is 0 Å². The molecule has 0 aliphatic carbocycles. The van der Waals surface area contributed by atoms with Gasteiger partial charge in [0.1, 0.15) is 0 Å². The number of aryl methyl sites for hydroxylation is 1. The standard InChI is InChI=1S/C8H13N3S/c1-5-8(12-4-11-5)6-2-10-3-7(6)9/h4,6-7,10H,2-3,9H2,1H3. The number of hydrogen-bond acceptors (Lipinski definition) is 4. The van der Waals surface area contributed by atoms with Crippen molar-refractivity contribution in [3.8, 4) is 0 Å². The van der Waals surface area contributed by atoms with E-state index in [4.69, 9.17) is 5.73 Å². The van der Waals surface area contributed by atoms with Crippen molar-refractivity contribution in [2.24, 2.45) is 5.73 Å². The molecule has 2 rings (SSSR count). The maximum atomic E-state index is 5.96. The molecule has 2 atom stereocenters. The molecule has 1 fully saturated rings. The minimum Gasteiger partial charge on any atom is -0.326 e. The topological polar surface area (TPSA) is 50.9 Å². The molecule has 0 bridgehead atoms. The molecule has 0 aromatic carbocycles. The van der Waals surface area contributed by atoms with Gasteiger partial charge in [-0.05, 0) is 6.92 Å². The zero-order chi connectivity index (χ0) is 8.55.